The third-order valence-corrected chi connectivity index (χ3v) is 4.64. The minimum Gasteiger partial charge on any atom is -0.450 e. The van der Waals surface area contributed by atoms with Gasteiger partial charge in [0.25, 0.3) is 0 Å². The second-order valence-electron chi connectivity index (χ2n) is 6.79. The Morgan fingerprint density at radius 1 is 1.26 bits per heavy atom. The first-order valence-corrected chi connectivity index (χ1v) is 9.46. The van der Waals surface area contributed by atoms with Crippen LogP contribution in [0, 0.1) is 6.92 Å². The summed E-state index contributed by atoms with van der Waals surface area (Å²) in [5.41, 5.74) is 1.87. The summed E-state index contributed by atoms with van der Waals surface area (Å²) >= 11 is 0. The Labute approximate surface area is 160 Å². The molecule has 1 N–H and O–H groups in total. The summed E-state index contributed by atoms with van der Waals surface area (Å²) in [6.07, 6.45) is 1.36. The van der Waals surface area contributed by atoms with Crippen LogP contribution in [0.15, 0.2) is 24.3 Å². The molecule has 1 aliphatic rings. The summed E-state index contributed by atoms with van der Waals surface area (Å²) in [6.45, 7) is 7.11. The molecule has 148 valence electrons. The molecule has 0 saturated carbocycles. The highest BCUT2D eigenvalue weighted by atomic mass is 16.6. The molecular formula is C20H29N3O4. The highest BCUT2D eigenvalue weighted by Gasteiger charge is 2.24. The largest absolute Gasteiger partial charge is 0.450 e. The lowest BCUT2D eigenvalue weighted by Crippen LogP contribution is -2.47. The van der Waals surface area contributed by atoms with Crippen LogP contribution in [0.25, 0.3) is 0 Å². The van der Waals surface area contributed by atoms with E-state index in [1.165, 1.54) is 6.92 Å². The lowest BCUT2D eigenvalue weighted by Gasteiger charge is -2.31. The normalized spacial score (nSPS) is 14.6. The van der Waals surface area contributed by atoms with Gasteiger partial charge in [-0.1, -0.05) is 12.1 Å². The zero-order valence-electron chi connectivity index (χ0n) is 16.4. The van der Waals surface area contributed by atoms with E-state index in [1.807, 2.05) is 31.2 Å². The molecule has 1 aliphatic heterocycles. The first-order valence-electron chi connectivity index (χ1n) is 9.46. The summed E-state index contributed by atoms with van der Waals surface area (Å²) in [7, 11) is 0. The Morgan fingerprint density at radius 3 is 2.56 bits per heavy atom. The van der Waals surface area contributed by atoms with Crippen molar-refractivity contribution in [3.8, 4) is 0 Å². The molecule has 7 nitrogen and oxygen atoms in total. The van der Waals surface area contributed by atoms with Crippen molar-refractivity contribution in [2.24, 2.45) is 0 Å². The van der Waals surface area contributed by atoms with Gasteiger partial charge < -0.3 is 19.9 Å². The monoisotopic (exact) mass is 375 g/mol. The number of piperidine rings is 1. The van der Waals surface area contributed by atoms with E-state index in [1.54, 1.807) is 16.7 Å². The number of hydrogen-bond acceptors (Lipinski definition) is 4. The van der Waals surface area contributed by atoms with Crippen LogP contribution in [0.5, 0.6) is 0 Å². The molecule has 1 saturated heterocycles. The van der Waals surface area contributed by atoms with Crippen LogP contribution in [-0.4, -0.2) is 55.1 Å². The van der Waals surface area contributed by atoms with Gasteiger partial charge >= 0.3 is 6.09 Å². The number of nitrogens with one attached hydrogen (secondary N) is 1. The van der Waals surface area contributed by atoms with E-state index < -0.39 is 0 Å². The highest BCUT2D eigenvalue weighted by molar-refractivity contribution is 5.92. The molecule has 1 aromatic rings. The standard InChI is InChI=1S/C20H29N3O4/c1-4-27-20(26)22-11-8-17(9-12-22)21-19(25)10-13-23(16(3)24)18-7-5-6-15(2)14-18/h5-7,14,17H,4,8-13H2,1-3H3,(H,21,25). The van der Waals surface area contributed by atoms with E-state index in [-0.39, 0.29) is 30.4 Å². The zero-order valence-corrected chi connectivity index (χ0v) is 16.4. The minimum absolute atomic E-state index is 0.0490. The fourth-order valence-corrected chi connectivity index (χ4v) is 3.20. The van der Waals surface area contributed by atoms with Crippen molar-refractivity contribution in [1.82, 2.24) is 10.2 Å². The third-order valence-electron chi connectivity index (χ3n) is 4.64. The zero-order chi connectivity index (χ0) is 19.8. The Balaban J connectivity index is 1.80. The highest BCUT2D eigenvalue weighted by Crippen LogP contribution is 2.17. The molecule has 3 amide bonds. The van der Waals surface area contributed by atoms with Crippen LogP contribution in [0.4, 0.5) is 10.5 Å². The number of likely N-dealkylation sites (tertiary alicyclic amines) is 1. The molecule has 0 spiro atoms. The molecule has 2 rings (SSSR count). The van der Waals surface area contributed by atoms with Crippen LogP contribution >= 0.6 is 0 Å². The van der Waals surface area contributed by atoms with E-state index in [0.717, 1.165) is 11.3 Å². The third kappa shape index (κ3) is 6.27. The van der Waals surface area contributed by atoms with Crippen LogP contribution in [0.3, 0.4) is 0 Å². The van der Waals surface area contributed by atoms with Crippen molar-refractivity contribution in [2.75, 3.05) is 31.1 Å². The predicted octanol–water partition coefficient (Wildman–Crippen LogP) is 2.48. The first kappa shape index (κ1) is 20.7. The molecule has 0 aliphatic carbocycles. The van der Waals surface area contributed by atoms with E-state index >= 15 is 0 Å². The van der Waals surface area contributed by atoms with Gasteiger partial charge in [0, 0.05) is 44.7 Å². The molecule has 0 atom stereocenters. The fraction of sp³-hybridized carbons (Fsp3) is 0.550. The molecule has 0 bridgehead atoms. The van der Waals surface area contributed by atoms with Gasteiger partial charge in [0.1, 0.15) is 0 Å². The summed E-state index contributed by atoms with van der Waals surface area (Å²) in [4.78, 5) is 39.3. The molecule has 0 unspecified atom stereocenters. The van der Waals surface area contributed by atoms with Gasteiger partial charge in [-0.25, -0.2) is 4.79 Å². The predicted molar refractivity (Wildman–Crippen MR) is 104 cm³/mol. The van der Waals surface area contributed by atoms with Gasteiger partial charge in [-0.3, -0.25) is 9.59 Å². The number of amides is 3. The van der Waals surface area contributed by atoms with Gasteiger partial charge in [-0.05, 0) is 44.4 Å². The second-order valence-corrected chi connectivity index (χ2v) is 6.79. The van der Waals surface area contributed by atoms with Gasteiger partial charge in [0.15, 0.2) is 0 Å². The maximum absolute atomic E-state index is 12.3. The number of benzene rings is 1. The van der Waals surface area contributed by atoms with Crippen LogP contribution in [0.1, 0.15) is 38.7 Å². The van der Waals surface area contributed by atoms with Crippen LogP contribution in [0.2, 0.25) is 0 Å². The molecular weight excluding hydrogens is 346 g/mol. The van der Waals surface area contributed by atoms with Crippen molar-refractivity contribution in [1.29, 1.82) is 0 Å². The molecule has 7 heteroatoms. The van der Waals surface area contributed by atoms with Gasteiger partial charge in [0.05, 0.1) is 6.61 Å². The molecule has 0 aromatic heterocycles. The van der Waals surface area contributed by atoms with E-state index in [0.29, 0.717) is 39.1 Å². The Hall–Kier alpha value is -2.57. The lowest BCUT2D eigenvalue weighted by atomic mass is 10.1. The van der Waals surface area contributed by atoms with Gasteiger partial charge in [-0.2, -0.15) is 0 Å². The molecule has 1 heterocycles. The van der Waals surface area contributed by atoms with Crippen molar-refractivity contribution in [2.45, 2.75) is 46.1 Å². The summed E-state index contributed by atoms with van der Waals surface area (Å²) in [6, 6.07) is 7.73. The first-order chi connectivity index (χ1) is 12.9. The van der Waals surface area contributed by atoms with Crippen LogP contribution < -0.4 is 10.2 Å². The number of hydrogen-bond donors (Lipinski definition) is 1. The van der Waals surface area contributed by atoms with Crippen molar-refractivity contribution >= 4 is 23.6 Å². The fourth-order valence-electron chi connectivity index (χ4n) is 3.20. The SMILES string of the molecule is CCOC(=O)N1CCC(NC(=O)CCN(C(C)=O)c2cccc(C)c2)CC1. The maximum atomic E-state index is 12.3. The summed E-state index contributed by atoms with van der Waals surface area (Å²) in [5.74, 6) is -0.167. The van der Waals surface area contributed by atoms with Crippen molar-refractivity contribution in [3.05, 3.63) is 29.8 Å². The maximum Gasteiger partial charge on any atom is 0.409 e. The van der Waals surface area contributed by atoms with Crippen LogP contribution in [-0.2, 0) is 14.3 Å². The van der Waals surface area contributed by atoms with Gasteiger partial charge in [-0.15, -0.1) is 0 Å². The average Bonchev–Trinajstić information content (AvgIpc) is 2.62. The van der Waals surface area contributed by atoms with Gasteiger partial charge in [0.2, 0.25) is 11.8 Å². The van der Waals surface area contributed by atoms with E-state index in [2.05, 4.69) is 5.32 Å². The smallest absolute Gasteiger partial charge is 0.409 e. The number of aryl methyl sites for hydroxylation is 1. The summed E-state index contributed by atoms with van der Waals surface area (Å²) in [5, 5.41) is 3.01. The van der Waals surface area contributed by atoms with E-state index in [9.17, 15) is 14.4 Å². The Bertz CT molecular complexity index is 669. The Kier molecular flexibility index (Phi) is 7.64. The number of rotatable bonds is 6. The number of ether oxygens (including phenoxy) is 1. The minimum atomic E-state index is -0.294. The lowest BCUT2D eigenvalue weighted by molar-refractivity contribution is -0.122. The second kappa shape index (κ2) is 9.94. The van der Waals surface area contributed by atoms with Crippen molar-refractivity contribution < 1.29 is 19.1 Å². The molecule has 0 radical (unpaired) electrons. The average molecular weight is 375 g/mol. The van der Waals surface area contributed by atoms with E-state index in [4.69, 9.17) is 4.74 Å². The Morgan fingerprint density at radius 2 is 1.96 bits per heavy atom. The number of anilines is 1. The number of nitrogens with zero attached hydrogens (tertiary/aromatic N) is 2. The molecule has 1 aromatic carbocycles. The molecule has 1 fully saturated rings. The summed E-state index contributed by atoms with van der Waals surface area (Å²) < 4.78 is 5.00. The number of carbonyl (C=O) groups excluding carboxylic acids is 3. The topological polar surface area (TPSA) is 79.0 Å². The molecule has 27 heavy (non-hydrogen) atoms. The quantitative estimate of drug-likeness (QED) is 0.828. The van der Waals surface area contributed by atoms with Crippen molar-refractivity contribution in [3.63, 3.8) is 0 Å². The number of carbonyl (C=O) groups is 3.